The molecule has 0 aliphatic heterocycles. The van der Waals surface area contributed by atoms with Crippen LogP contribution in [0.3, 0.4) is 0 Å². The predicted molar refractivity (Wildman–Crippen MR) is 123 cm³/mol. The van der Waals surface area contributed by atoms with Gasteiger partial charge in [0.1, 0.15) is 10.8 Å². The molecule has 4 N–H and O–H groups in total. The van der Waals surface area contributed by atoms with E-state index in [2.05, 4.69) is 26.6 Å². The lowest BCUT2D eigenvalue weighted by Gasteiger charge is -2.13. The third-order valence-electron chi connectivity index (χ3n) is 4.52. The molecule has 0 saturated carbocycles. The van der Waals surface area contributed by atoms with Crippen molar-refractivity contribution in [2.24, 2.45) is 5.73 Å². The van der Waals surface area contributed by atoms with E-state index in [0.717, 1.165) is 47.0 Å². The van der Waals surface area contributed by atoms with Gasteiger partial charge in [-0.25, -0.2) is 0 Å². The largest absolute Gasteiger partial charge is 0.493 e. The molecule has 9 heteroatoms. The molecule has 29 heavy (non-hydrogen) atoms. The van der Waals surface area contributed by atoms with E-state index < -0.39 is 11.8 Å². The van der Waals surface area contributed by atoms with E-state index in [1.54, 1.807) is 12.1 Å². The summed E-state index contributed by atoms with van der Waals surface area (Å²) in [5, 5.41) is 6.36. The fraction of sp³-hybridized carbons (Fsp3) is 0.350. The number of carbonyl (C=O) groups is 2. The number of thiocarbonyl (C=S) groups is 1. The number of thiophene rings is 1. The molecule has 2 aromatic rings. The molecule has 1 aromatic heterocycles. The number of ether oxygens (including phenoxy) is 1. The van der Waals surface area contributed by atoms with Crippen molar-refractivity contribution in [1.29, 1.82) is 0 Å². The molecule has 154 valence electrons. The summed E-state index contributed by atoms with van der Waals surface area (Å²) in [7, 11) is 0. The minimum absolute atomic E-state index is 0.109. The fourth-order valence-electron chi connectivity index (χ4n) is 3.24. The summed E-state index contributed by atoms with van der Waals surface area (Å²) < 4.78 is 6.42. The summed E-state index contributed by atoms with van der Waals surface area (Å²) in [5.74, 6) is -0.389. The van der Waals surface area contributed by atoms with E-state index in [0.29, 0.717) is 28.5 Å². The van der Waals surface area contributed by atoms with Crippen molar-refractivity contribution in [1.82, 2.24) is 5.32 Å². The fourth-order valence-corrected chi connectivity index (χ4v) is 5.16. The maximum Gasteiger partial charge on any atom is 0.261 e. The summed E-state index contributed by atoms with van der Waals surface area (Å²) in [6.07, 6.45) is 4.72. The van der Waals surface area contributed by atoms with Gasteiger partial charge >= 0.3 is 0 Å². The van der Waals surface area contributed by atoms with Gasteiger partial charge in [-0.2, -0.15) is 0 Å². The van der Waals surface area contributed by atoms with Crippen LogP contribution in [0.15, 0.2) is 22.7 Å². The smallest absolute Gasteiger partial charge is 0.261 e. The first kappa shape index (κ1) is 21.7. The molecule has 1 aliphatic rings. The summed E-state index contributed by atoms with van der Waals surface area (Å²) in [6, 6.07) is 5.24. The molecule has 1 aliphatic carbocycles. The highest BCUT2D eigenvalue weighted by Gasteiger charge is 2.25. The number of primary amides is 1. The van der Waals surface area contributed by atoms with Crippen LogP contribution in [-0.4, -0.2) is 23.5 Å². The van der Waals surface area contributed by atoms with Crippen LogP contribution in [0.25, 0.3) is 0 Å². The molecule has 0 fully saturated rings. The Bertz CT molecular complexity index is 959. The second-order valence-corrected chi connectivity index (χ2v) is 9.11. The molecule has 0 unspecified atom stereocenters. The van der Waals surface area contributed by atoms with E-state index in [1.165, 1.54) is 11.3 Å². The number of aryl methyl sites for hydroxylation is 1. The van der Waals surface area contributed by atoms with Crippen LogP contribution in [-0.2, 0) is 12.8 Å². The van der Waals surface area contributed by atoms with Crippen molar-refractivity contribution < 1.29 is 14.3 Å². The third kappa shape index (κ3) is 5.15. The summed E-state index contributed by atoms with van der Waals surface area (Å²) >= 11 is 10.2. The maximum atomic E-state index is 12.8. The Hall–Kier alpha value is -1.97. The molecule has 0 saturated heterocycles. The van der Waals surface area contributed by atoms with Crippen molar-refractivity contribution in [2.75, 3.05) is 11.9 Å². The Balaban J connectivity index is 1.77. The zero-order valence-corrected chi connectivity index (χ0v) is 19.2. The number of anilines is 1. The Morgan fingerprint density at radius 1 is 1.31 bits per heavy atom. The Morgan fingerprint density at radius 2 is 2.07 bits per heavy atom. The van der Waals surface area contributed by atoms with Crippen LogP contribution < -0.4 is 21.1 Å². The molecule has 0 atom stereocenters. The molecule has 1 aromatic carbocycles. The summed E-state index contributed by atoms with van der Waals surface area (Å²) in [5.41, 5.74) is 7.47. The van der Waals surface area contributed by atoms with E-state index in [-0.39, 0.29) is 5.11 Å². The number of nitrogens with one attached hydrogen (secondary N) is 2. The van der Waals surface area contributed by atoms with Gasteiger partial charge in [0.05, 0.1) is 17.7 Å². The van der Waals surface area contributed by atoms with Crippen molar-refractivity contribution in [3.63, 3.8) is 0 Å². The monoisotopic (exact) mass is 495 g/mol. The highest BCUT2D eigenvalue weighted by Crippen LogP contribution is 2.37. The van der Waals surface area contributed by atoms with Crippen LogP contribution in [0.1, 0.15) is 57.3 Å². The zero-order chi connectivity index (χ0) is 21.0. The van der Waals surface area contributed by atoms with Gasteiger partial charge in [-0.05, 0) is 68.1 Å². The number of amides is 2. The minimum atomic E-state index is -0.483. The number of fused-ring (bicyclic) bond motifs is 1. The standard InChI is InChI=1S/C20H22BrN3O3S2/c1-2-9-27-14-8-7-11(21)10-13(14)18(26)23-20(28)24-19-16(17(22)25)12-5-3-4-6-15(12)29-19/h7-8,10H,2-6,9H2,1H3,(H2,22,25)(H2,23,24,26,28). The topological polar surface area (TPSA) is 93.4 Å². The Kier molecular flexibility index (Phi) is 7.26. The van der Waals surface area contributed by atoms with Crippen molar-refractivity contribution in [2.45, 2.75) is 39.0 Å². The van der Waals surface area contributed by atoms with Crippen molar-refractivity contribution in [3.05, 3.63) is 44.2 Å². The van der Waals surface area contributed by atoms with Gasteiger partial charge in [0.15, 0.2) is 5.11 Å². The summed E-state index contributed by atoms with van der Waals surface area (Å²) in [4.78, 5) is 25.9. The lowest BCUT2D eigenvalue weighted by Crippen LogP contribution is -2.34. The van der Waals surface area contributed by atoms with E-state index in [1.807, 2.05) is 13.0 Å². The third-order valence-corrected chi connectivity index (χ3v) is 6.42. The number of hydrogen-bond donors (Lipinski definition) is 3. The number of benzene rings is 1. The number of hydrogen-bond acceptors (Lipinski definition) is 5. The van der Waals surface area contributed by atoms with E-state index in [4.69, 9.17) is 22.7 Å². The number of rotatable bonds is 6. The van der Waals surface area contributed by atoms with E-state index in [9.17, 15) is 9.59 Å². The van der Waals surface area contributed by atoms with Crippen LogP contribution >= 0.6 is 39.5 Å². The first-order valence-corrected chi connectivity index (χ1v) is 11.4. The first-order chi connectivity index (χ1) is 13.9. The minimum Gasteiger partial charge on any atom is -0.493 e. The van der Waals surface area contributed by atoms with Crippen LogP contribution in [0, 0.1) is 0 Å². The summed E-state index contributed by atoms with van der Waals surface area (Å²) in [6.45, 7) is 2.50. The Morgan fingerprint density at radius 3 is 2.79 bits per heavy atom. The Labute approximate surface area is 187 Å². The van der Waals surface area contributed by atoms with Gasteiger partial charge < -0.3 is 15.8 Å². The van der Waals surface area contributed by atoms with Crippen molar-refractivity contribution >= 4 is 61.4 Å². The van der Waals surface area contributed by atoms with Crippen LogP contribution in [0.4, 0.5) is 5.00 Å². The molecule has 6 nitrogen and oxygen atoms in total. The molecule has 0 bridgehead atoms. The van der Waals surface area contributed by atoms with Gasteiger partial charge in [0.25, 0.3) is 11.8 Å². The maximum absolute atomic E-state index is 12.8. The quantitative estimate of drug-likeness (QED) is 0.516. The zero-order valence-electron chi connectivity index (χ0n) is 16.0. The highest BCUT2D eigenvalue weighted by molar-refractivity contribution is 9.10. The predicted octanol–water partition coefficient (Wildman–Crippen LogP) is 4.40. The lowest BCUT2D eigenvalue weighted by molar-refractivity contribution is 0.0971. The van der Waals surface area contributed by atoms with Gasteiger partial charge in [0.2, 0.25) is 0 Å². The first-order valence-electron chi connectivity index (χ1n) is 9.39. The SMILES string of the molecule is CCCOc1ccc(Br)cc1C(=O)NC(=S)Nc1sc2c(c1C(N)=O)CCCC2. The second-order valence-electron chi connectivity index (χ2n) is 6.68. The molecule has 3 rings (SSSR count). The molecular weight excluding hydrogens is 474 g/mol. The number of halogens is 1. The van der Waals surface area contributed by atoms with E-state index >= 15 is 0 Å². The van der Waals surface area contributed by atoms with Gasteiger partial charge in [0, 0.05) is 9.35 Å². The average molecular weight is 496 g/mol. The van der Waals surface area contributed by atoms with Gasteiger partial charge in [-0.15, -0.1) is 11.3 Å². The highest BCUT2D eigenvalue weighted by atomic mass is 79.9. The van der Waals surface area contributed by atoms with Crippen molar-refractivity contribution in [3.8, 4) is 5.75 Å². The van der Waals surface area contributed by atoms with Gasteiger partial charge in [-0.3, -0.25) is 14.9 Å². The molecule has 0 radical (unpaired) electrons. The molecule has 1 heterocycles. The normalized spacial score (nSPS) is 12.8. The average Bonchev–Trinajstić information content (AvgIpc) is 3.04. The van der Waals surface area contributed by atoms with Crippen LogP contribution in [0.2, 0.25) is 0 Å². The second kappa shape index (κ2) is 9.69. The number of carbonyl (C=O) groups excluding carboxylic acids is 2. The number of nitrogens with two attached hydrogens (primary N) is 1. The lowest BCUT2D eigenvalue weighted by atomic mass is 9.95. The van der Waals surface area contributed by atoms with Crippen LogP contribution in [0.5, 0.6) is 5.75 Å². The molecule has 0 spiro atoms. The van der Waals surface area contributed by atoms with Gasteiger partial charge in [-0.1, -0.05) is 22.9 Å². The molecular formula is C20H22BrN3O3S2. The molecule has 2 amide bonds.